The zero-order chi connectivity index (χ0) is 17.7. The topological polar surface area (TPSA) is 85.4 Å². The van der Waals surface area contributed by atoms with Gasteiger partial charge in [0, 0.05) is 17.8 Å². The molecule has 25 heavy (non-hydrogen) atoms. The first kappa shape index (κ1) is 17.5. The van der Waals surface area contributed by atoms with Crippen molar-refractivity contribution in [2.24, 2.45) is 0 Å². The molecule has 0 unspecified atom stereocenters. The molecule has 0 atom stereocenters. The van der Waals surface area contributed by atoms with Crippen LogP contribution in [0.15, 0.2) is 54.2 Å². The van der Waals surface area contributed by atoms with E-state index >= 15 is 0 Å². The van der Waals surface area contributed by atoms with Gasteiger partial charge in [-0.25, -0.2) is 13.1 Å². The van der Waals surface area contributed by atoms with Crippen molar-refractivity contribution in [3.05, 3.63) is 65.3 Å². The molecule has 0 aliphatic carbocycles. The van der Waals surface area contributed by atoms with Crippen molar-refractivity contribution in [2.75, 3.05) is 12.4 Å². The maximum absolute atomic E-state index is 12.3. The second kappa shape index (κ2) is 7.73. The summed E-state index contributed by atoms with van der Waals surface area (Å²) < 4.78 is 32.3. The third kappa shape index (κ3) is 4.62. The second-order valence-electron chi connectivity index (χ2n) is 5.31. The molecule has 3 aromatic rings. The van der Waals surface area contributed by atoms with Crippen LogP contribution >= 0.6 is 11.3 Å². The Bertz CT molecular complexity index is 968. The van der Waals surface area contributed by atoms with E-state index in [-0.39, 0.29) is 17.9 Å². The number of hydrogen-bond donors (Lipinski definition) is 1. The molecule has 0 spiro atoms. The molecular weight excluding hydrogens is 360 g/mol. The number of pyridine rings is 1. The van der Waals surface area contributed by atoms with Crippen LogP contribution in [-0.4, -0.2) is 31.7 Å². The molecule has 1 aromatic carbocycles. The van der Waals surface area contributed by atoms with Gasteiger partial charge in [-0.05, 0) is 17.0 Å². The summed E-state index contributed by atoms with van der Waals surface area (Å²) in [7, 11) is -3.78. The summed E-state index contributed by atoms with van der Waals surface area (Å²) in [5.41, 5.74) is 1.21. The Balaban J connectivity index is 1.56. The molecule has 8 heteroatoms. The molecule has 3 rings (SSSR count). The van der Waals surface area contributed by atoms with Crippen molar-refractivity contribution in [2.45, 2.75) is 6.61 Å². The van der Waals surface area contributed by atoms with E-state index in [2.05, 4.69) is 9.71 Å². The van der Waals surface area contributed by atoms with E-state index in [0.717, 1.165) is 10.9 Å². The van der Waals surface area contributed by atoms with Crippen LogP contribution in [0.1, 0.15) is 15.9 Å². The number of rotatable bonds is 7. The molecule has 0 saturated heterocycles. The number of hydrogen-bond acceptors (Lipinski definition) is 6. The summed E-state index contributed by atoms with van der Waals surface area (Å²) in [6.45, 7) is 0.321. The predicted molar refractivity (Wildman–Crippen MR) is 97.0 cm³/mol. The summed E-state index contributed by atoms with van der Waals surface area (Å²) >= 11 is 1.37. The van der Waals surface area contributed by atoms with Crippen LogP contribution in [0.3, 0.4) is 0 Å². The lowest BCUT2D eigenvalue weighted by molar-refractivity contribution is 0.0982. The monoisotopic (exact) mass is 376 g/mol. The number of carbonyl (C=O) groups is 1. The summed E-state index contributed by atoms with van der Waals surface area (Å²) in [6.07, 6.45) is 3.00. The van der Waals surface area contributed by atoms with Gasteiger partial charge in [0.25, 0.3) is 5.91 Å². The van der Waals surface area contributed by atoms with Crippen LogP contribution in [0.5, 0.6) is 0 Å². The molecule has 0 bridgehead atoms. The molecule has 0 radical (unpaired) electrons. The summed E-state index contributed by atoms with van der Waals surface area (Å²) in [6, 6.07) is 11.3. The van der Waals surface area contributed by atoms with E-state index in [1.54, 1.807) is 6.20 Å². The highest BCUT2D eigenvalue weighted by atomic mass is 32.2. The van der Waals surface area contributed by atoms with Crippen LogP contribution in [0.25, 0.3) is 10.1 Å². The molecule has 2 heterocycles. The van der Waals surface area contributed by atoms with E-state index in [9.17, 15) is 13.2 Å². The van der Waals surface area contributed by atoms with Gasteiger partial charge in [-0.3, -0.25) is 9.78 Å². The van der Waals surface area contributed by atoms with Crippen molar-refractivity contribution < 1.29 is 17.9 Å². The highest BCUT2D eigenvalue weighted by Gasteiger charge is 2.18. The van der Waals surface area contributed by atoms with Crippen LogP contribution in [-0.2, 0) is 21.4 Å². The molecule has 0 aliphatic heterocycles. The van der Waals surface area contributed by atoms with E-state index in [1.807, 2.05) is 41.8 Å². The fraction of sp³-hybridized carbons (Fsp3) is 0.176. The SMILES string of the molecule is O=C(NS(=O)(=O)CCOCc1ccccc1)c1cncc2ccsc12. The first-order chi connectivity index (χ1) is 12.1. The van der Waals surface area contributed by atoms with Gasteiger partial charge in [-0.15, -0.1) is 11.3 Å². The standard InChI is InChI=1S/C17H16N2O4S2/c20-17(15-11-18-10-14-6-8-24-16(14)15)19-25(21,22)9-7-23-12-13-4-2-1-3-5-13/h1-6,8,10-11H,7,9,12H2,(H,19,20). The zero-order valence-electron chi connectivity index (χ0n) is 13.2. The van der Waals surface area contributed by atoms with E-state index in [1.165, 1.54) is 17.5 Å². The second-order valence-corrected chi connectivity index (χ2v) is 8.07. The minimum Gasteiger partial charge on any atom is -0.376 e. The molecule has 130 valence electrons. The number of sulfonamides is 1. The Morgan fingerprint density at radius 1 is 1.16 bits per heavy atom. The maximum atomic E-state index is 12.3. The van der Waals surface area contributed by atoms with E-state index < -0.39 is 15.9 Å². The molecule has 1 N–H and O–H groups in total. The minimum atomic E-state index is -3.78. The maximum Gasteiger partial charge on any atom is 0.267 e. The van der Waals surface area contributed by atoms with Gasteiger partial charge in [-0.1, -0.05) is 30.3 Å². The van der Waals surface area contributed by atoms with Crippen LogP contribution in [0, 0.1) is 0 Å². The van der Waals surface area contributed by atoms with Crippen molar-refractivity contribution >= 4 is 37.4 Å². The Morgan fingerprint density at radius 2 is 1.96 bits per heavy atom. The lowest BCUT2D eigenvalue weighted by atomic mass is 10.2. The fourth-order valence-corrected chi connectivity index (χ4v) is 3.94. The number of carbonyl (C=O) groups excluding carboxylic acids is 1. The average Bonchev–Trinajstić information content (AvgIpc) is 3.08. The lowest BCUT2D eigenvalue weighted by Crippen LogP contribution is -2.34. The van der Waals surface area contributed by atoms with Crippen molar-refractivity contribution in [1.29, 1.82) is 0 Å². The fourth-order valence-electron chi connectivity index (χ4n) is 2.23. The van der Waals surface area contributed by atoms with Crippen molar-refractivity contribution in [3.63, 3.8) is 0 Å². The van der Waals surface area contributed by atoms with Crippen LogP contribution < -0.4 is 4.72 Å². The van der Waals surface area contributed by atoms with Gasteiger partial charge in [0.15, 0.2) is 0 Å². The van der Waals surface area contributed by atoms with Crippen LogP contribution in [0.2, 0.25) is 0 Å². The number of thiophene rings is 1. The van der Waals surface area contributed by atoms with Gasteiger partial charge in [0.1, 0.15) is 0 Å². The Morgan fingerprint density at radius 3 is 2.76 bits per heavy atom. The molecule has 6 nitrogen and oxygen atoms in total. The van der Waals surface area contributed by atoms with Gasteiger partial charge in [-0.2, -0.15) is 0 Å². The molecular formula is C17H16N2O4S2. The normalized spacial score (nSPS) is 11.5. The quantitative estimate of drug-likeness (QED) is 0.641. The Labute approximate surface area is 149 Å². The number of aromatic nitrogens is 1. The highest BCUT2D eigenvalue weighted by molar-refractivity contribution is 7.90. The summed E-state index contributed by atoms with van der Waals surface area (Å²) in [5, 5.41) is 2.64. The Hall–Kier alpha value is -2.29. The lowest BCUT2D eigenvalue weighted by Gasteiger charge is -2.08. The number of nitrogens with one attached hydrogen (secondary N) is 1. The van der Waals surface area contributed by atoms with Crippen molar-refractivity contribution in [1.82, 2.24) is 9.71 Å². The smallest absolute Gasteiger partial charge is 0.267 e. The minimum absolute atomic E-state index is 0.00103. The third-order valence-corrected chi connectivity index (χ3v) is 5.62. The van der Waals surface area contributed by atoms with Gasteiger partial charge in [0.05, 0.1) is 29.2 Å². The zero-order valence-corrected chi connectivity index (χ0v) is 14.8. The van der Waals surface area contributed by atoms with E-state index in [4.69, 9.17) is 4.74 Å². The van der Waals surface area contributed by atoms with Gasteiger partial charge >= 0.3 is 0 Å². The Kier molecular flexibility index (Phi) is 5.42. The molecule has 1 amide bonds. The predicted octanol–water partition coefficient (Wildman–Crippen LogP) is 2.57. The molecule has 0 saturated carbocycles. The third-order valence-electron chi connectivity index (χ3n) is 3.46. The van der Waals surface area contributed by atoms with Gasteiger partial charge in [0.2, 0.25) is 10.0 Å². The molecule has 0 aliphatic rings. The number of ether oxygens (including phenoxy) is 1. The largest absolute Gasteiger partial charge is 0.376 e. The molecule has 0 fully saturated rings. The summed E-state index contributed by atoms with van der Waals surface area (Å²) in [4.78, 5) is 16.2. The van der Waals surface area contributed by atoms with Gasteiger partial charge < -0.3 is 4.74 Å². The first-order valence-electron chi connectivity index (χ1n) is 7.53. The average molecular weight is 376 g/mol. The highest BCUT2D eigenvalue weighted by Crippen LogP contribution is 2.23. The number of benzene rings is 1. The first-order valence-corrected chi connectivity index (χ1v) is 10.1. The van der Waals surface area contributed by atoms with Crippen LogP contribution in [0.4, 0.5) is 0 Å². The number of amides is 1. The number of nitrogens with zero attached hydrogens (tertiary/aromatic N) is 1. The van der Waals surface area contributed by atoms with Crippen molar-refractivity contribution in [3.8, 4) is 0 Å². The molecule has 2 aromatic heterocycles. The number of fused-ring (bicyclic) bond motifs is 1. The van der Waals surface area contributed by atoms with E-state index in [0.29, 0.717) is 11.3 Å². The summed E-state index contributed by atoms with van der Waals surface area (Å²) in [5.74, 6) is -0.969.